The largest absolute Gasteiger partial charge is 0.488 e. The predicted molar refractivity (Wildman–Crippen MR) is 144 cm³/mol. The standard InChI is InChI=1S/C29H30N4O4S/c1-18-10-20(13-32-6-8-36-9-7-32)2-4-21(18)16-37-26-5-3-19(12-30)11-22(26)25-17-38-29(31-25)33-14-23-24(15-33)27(23)28(34)35/h2-5,10-11,17,23-24,27H,6-9,13-16H2,1H3,(H,34,35). The van der Waals surface area contributed by atoms with Crippen molar-refractivity contribution in [1.82, 2.24) is 9.88 Å². The van der Waals surface area contributed by atoms with Gasteiger partial charge in [0.15, 0.2) is 5.13 Å². The number of carboxylic acid groups (broad SMARTS) is 1. The number of ether oxygens (including phenoxy) is 2. The van der Waals surface area contributed by atoms with Gasteiger partial charge < -0.3 is 19.5 Å². The highest BCUT2D eigenvalue weighted by atomic mass is 32.1. The van der Waals surface area contributed by atoms with Crippen molar-refractivity contribution >= 4 is 22.4 Å². The zero-order valence-corrected chi connectivity index (χ0v) is 22.1. The molecule has 38 heavy (non-hydrogen) atoms. The lowest BCUT2D eigenvalue weighted by Gasteiger charge is -2.26. The van der Waals surface area contributed by atoms with Gasteiger partial charge in [0.2, 0.25) is 0 Å². The predicted octanol–water partition coefficient (Wildman–Crippen LogP) is 4.17. The third-order valence-electron chi connectivity index (χ3n) is 7.93. The first-order valence-corrected chi connectivity index (χ1v) is 13.9. The Labute approximate surface area is 226 Å². The molecular formula is C29H30N4O4S. The molecule has 1 N–H and O–H groups in total. The van der Waals surface area contributed by atoms with Crippen LogP contribution in [0.2, 0.25) is 0 Å². The number of piperidine rings is 1. The molecule has 3 fully saturated rings. The van der Waals surface area contributed by atoms with Crippen molar-refractivity contribution in [3.63, 3.8) is 0 Å². The highest BCUT2D eigenvalue weighted by molar-refractivity contribution is 7.14. The second-order valence-corrected chi connectivity index (χ2v) is 11.2. The van der Waals surface area contributed by atoms with Crippen molar-refractivity contribution in [2.45, 2.75) is 20.1 Å². The summed E-state index contributed by atoms with van der Waals surface area (Å²) in [6.07, 6.45) is 0. The molecule has 2 saturated heterocycles. The number of fused-ring (bicyclic) bond motifs is 1. The van der Waals surface area contributed by atoms with Crippen molar-refractivity contribution in [1.29, 1.82) is 5.26 Å². The van der Waals surface area contributed by atoms with Crippen molar-refractivity contribution in [2.24, 2.45) is 17.8 Å². The third kappa shape index (κ3) is 4.99. The molecule has 196 valence electrons. The Hall–Kier alpha value is -3.45. The lowest BCUT2D eigenvalue weighted by Crippen LogP contribution is -2.35. The molecule has 0 bridgehead atoms. The van der Waals surface area contributed by atoms with E-state index in [1.807, 2.05) is 17.5 Å². The molecule has 1 aromatic heterocycles. The summed E-state index contributed by atoms with van der Waals surface area (Å²) in [6.45, 7) is 8.44. The Morgan fingerprint density at radius 3 is 2.71 bits per heavy atom. The summed E-state index contributed by atoms with van der Waals surface area (Å²) in [4.78, 5) is 20.8. The van der Waals surface area contributed by atoms with Gasteiger partial charge in [0.25, 0.3) is 0 Å². The zero-order chi connectivity index (χ0) is 26.2. The molecule has 2 atom stereocenters. The van der Waals surface area contributed by atoms with Gasteiger partial charge in [-0.15, -0.1) is 11.3 Å². The van der Waals surface area contributed by atoms with E-state index in [1.165, 1.54) is 11.1 Å². The molecule has 0 amide bonds. The number of hydrogen-bond acceptors (Lipinski definition) is 8. The molecule has 1 aliphatic carbocycles. The van der Waals surface area contributed by atoms with Crippen LogP contribution in [0.1, 0.15) is 22.3 Å². The Balaban J connectivity index is 1.15. The molecular weight excluding hydrogens is 500 g/mol. The molecule has 6 rings (SSSR count). The molecule has 1 saturated carbocycles. The van der Waals surface area contributed by atoms with E-state index in [9.17, 15) is 15.2 Å². The maximum absolute atomic E-state index is 11.3. The van der Waals surface area contributed by atoms with Crippen LogP contribution in [0.3, 0.4) is 0 Å². The average molecular weight is 531 g/mol. The van der Waals surface area contributed by atoms with Crippen LogP contribution in [0.5, 0.6) is 5.75 Å². The number of nitriles is 1. The van der Waals surface area contributed by atoms with Crippen LogP contribution in [0, 0.1) is 36.0 Å². The molecule has 3 heterocycles. The van der Waals surface area contributed by atoms with E-state index in [-0.39, 0.29) is 17.8 Å². The summed E-state index contributed by atoms with van der Waals surface area (Å²) in [5.41, 5.74) is 5.71. The van der Waals surface area contributed by atoms with E-state index in [1.54, 1.807) is 17.4 Å². The van der Waals surface area contributed by atoms with Crippen LogP contribution in [-0.4, -0.2) is 60.4 Å². The van der Waals surface area contributed by atoms with E-state index < -0.39 is 5.97 Å². The smallest absolute Gasteiger partial charge is 0.307 e. The van der Waals surface area contributed by atoms with Gasteiger partial charge in [0, 0.05) is 43.7 Å². The van der Waals surface area contributed by atoms with Gasteiger partial charge in [-0.2, -0.15) is 5.26 Å². The average Bonchev–Trinajstić information content (AvgIpc) is 3.23. The summed E-state index contributed by atoms with van der Waals surface area (Å²) in [6, 6.07) is 14.2. The lowest BCUT2D eigenvalue weighted by atomic mass is 10.0. The Kier molecular flexibility index (Phi) is 6.78. The number of morpholine rings is 1. The fraction of sp³-hybridized carbons (Fsp3) is 0.414. The molecule has 0 spiro atoms. The van der Waals surface area contributed by atoms with E-state index in [4.69, 9.17) is 14.5 Å². The monoisotopic (exact) mass is 530 g/mol. The van der Waals surface area contributed by atoms with Crippen molar-refractivity contribution in [3.8, 4) is 23.1 Å². The van der Waals surface area contributed by atoms with E-state index in [0.717, 1.165) is 67.9 Å². The minimum atomic E-state index is -0.684. The number of thiazole rings is 1. The van der Waals surface area contributed by atoms with Gasteiger partial charge in [-0.3, -0.25) is 9.69 Å². The molecule has 2 aliphatic heterocycles. The number of aryl methyl sites for hydroxylation is 1. The van der Waals surface area contributed by atoms with E-state index in [2.05, 4.69) is 41.0 Å². The van der Waals surface area contributed by atoms with Crippen LogP contribution in [0.25, 0.3) is 11.3 Å². The molecule has 2 unspecified atom stereocenters. The van der Waals surface area contributed by atoms with Crippen molar-refractivity contribution in [2.75, 3.05) is 44.3 Å². The molecule has 2 aromatic carbocycles. The van der Waals surface area contributed by atoms with Crippen LogP contribution in [0.15, 0.2) is 41.8 Å². The molecule has 3 aliphatic rings. The number of anilines is 1. The van der Waals surface area contributed by atoms with Crippen LogP contribution in [0.4, 0.5) is 5.13 Å². The van der Waals surface area contributed by atoms with Gasteiger partial charge in [0.1, 0.15) is 12.4 Å². The number of carboxylic acids is 1. The number of aliphatic carboxylic acids is 1. The number of carbonyl (C=O) groups is 1. The maximum Gasteiger partial charge on any atom is 0.307 e. The number of benzene rings is 2. The van der Waals surface area contributed by atoms with Gasteiger partial charge in [-0.05, 0) is 53.6 Å². The Morgan fingerprint density at radius 1 is 1.21 bits per heavy atom. The molecule has 0 radical (unpaired) electrons. The topological polar surface area (TPSA) is 98.9 Å². The highest BCUT2D eigenvalue weighted by Crippen LogP contribution is 2.53. The molecule has 9 heteroatoms. The first-order valence-electron chi connectivity index (χ1n) is 13.0. The van der Waals surface area contributed by atoms with Gasteiger partial charge in [-0.1, -0.05) is 18.2 Å². The minimum Gasteiger partial charge on any atom is -0.488 e. The first-order chi connectivity index (χ1) is 18.5. The normalized spacial score (nSPS) is 22.6. The number of rotatable bonds is 8. The number of hydrogen-bond donors (Lipinski definition) is 1. The summed E-state index contributed by atoms with van der Waals surface area (Å²) in [5.74, 6) is 0.257. The van der Waals surface area contributed by atoms with Gasteiger partial charge in [0.05, 0.1) is 36.5 Å². The summed E-state index contributed by atoms with van der Waals surface area (Å²) >= 11 is 1.55. The lowest BCUT2D eigenvalue weighted by molar-refractivity contribution is -0.139. The number of aromatic nitrogens is 1. The zero-order valence-electron chi connectivity index (χ0n) is 21.3. The van der Waals surface area contributed by atoms with Crippen LogP contribution < -0.4 is 9.64 Å². The van der Waals surface area contributed by atoms with E-state index in [0.29, 0.717) is 17.9 Å². The summed E-state index contributed by atoms with van der Waals surface area (Å²) in [7, 11) is 0. The minimum absolute atomic E-state index is 0.199. The van der Waals surface area contributed by atoms with Crippen molar-refractivity contribution < 1.29 is 19.4 Å². The maximum atomic E-state index is 11.3. The number of nitrogens with zero attached hydrogens (tertiary/aromatic N) is 4. The highest BCUT2D eigenvalue weighted by Gasteiger charge is 2.60. The Bertz CT molecular complexity index is 1380. The van der Waals surface area contributed by atoms with Gasteiger partial charge >= 0.3 is 5.97 Å². The van der Waals surface area contributed by atoms with Crippen LogP contribution >= 0.6 is 11.3 Å². The fourth-order valence-corrected chi connectivity index (χ4v) is 6.54. The summed E-state index contributed by atoms with van der Waals surface area (Å²) < 4.78 is 11.7. The quantitative estimate of drug-likeness (QED) is 0.463. The Morgan fingerprint density at radius 2 is 2.00 bits per heavy atom. The molecule has 8 nitrogen and oxygen atoms in total. The second-order valence-electron chi connectivity index (χ2n) is 10.4. The summed E-state index contributed by atoms with van der Waals surface area (Å²) in [5, 5.41) is 21.7. The van der Waals surface area contributed by atoms with Crippen LogP contribution in [-0.2, 0) is 22.7 Å². The SMILES string of the molecule is Cc1cc(CN2CCOCC2)ccc1COc1ccc(C#N)cc1-c1csc(N2CC3C(C2)C3C(=O)O)n1. The third-order valence-corrected chi connectivity index (χ3v) is 8.83. The molecule has 3 aromatic rings. The van der Waals surface area contributed by atoms with E-state index >= 15 is 0 Å². The van der Waals surface area contributed by atoms with Crippen molar-refractivity contribution in [3.05, 3.63) is 64.0 Å². The fourth-order valence-electron chi connectivity index (χ4n) is 5.70. The van der Waals surface area contributed by atoms with Gasteiger partial charge in [-0.25, -0.2) is 4.98 Å². The second kappa shape index (κ2) is 10.4. The first kappa shape index (κ1) is 24.9.